The maximum Gasteiger partial charge on any atom is 0.236 e. The highest BCUT2D eigenvalue weighted by Crippen LogP contribution is 2.43. The van der Waals surface area contributed by atoms with Gasteiger partial charge < -0.3 is 10.3 Å². The molecule has 0 radical (unpaired) electrons. The second kappa shape index (κ2) is 5.46. The molecule has 1 saturated heterocycles. The number of piperidine rings is 1. The smallest absolute Gasteiger partial charge is 0.236 e. The summed E-state index contributed by atoms with van der Waals surface area (Å²) in [5, 5.41) is 4.33. The molecule has 5 rings (SSSR count). The summed E-state index contributed by atoms with van der Waals surface area (Å²) in [4.78, 5) is 18.7. The number of H-pyrrole nitrogens is 1. The zero-order valence-electron chi connectivity index (χ0n) is 14.1. The van der Waals surface area contributed by atoms with Crippen molar-refractivity contribution in [3.05, 3.63) is 65.9 Å². The van der Waals surface area contributed by atoms with Gasteiger partial charge in [0.15, 0.2) is 0 Å². The van der Waals surface area contributed by atoms with Gasteiger partial charge in [-0.1, -0.05) is 36.4 Å². The van der Waals surface area contributed by atoms with E-state index in [9.17, 15) is 4.79 Å². The van der Waals surface area contributed by atoms with Gasteiger partial charge in [-0.2, -0.15) is 0 Å². The van der Waals surface area contributed by atoms with Crippen LogP contribution in [0.1, 0.15) is 24.1 Å². The molecule has 3 heterocycles. The van der Waals surface area contributed by atoms with E-state index in [0.717, 1.165) is 38.2 Å². The van der Waals surface area contributed by atoms with E-state index in [-0.39, 0.29) is 11.3 Å². The van der Waals surface area contributed by atoms with Crippen LogP contribution in [0.15, 0.2) is 54.6 Å². The highest BCUT2D eigenvalue weighted by Gasteiger charge is 2.48. The largest absolute Gasteiger partial charge is 0.357 e. The number of para-hydroxylation sites is 2. The number of nitrogens with zero attached hydrogens (tertiary/aromatic N) is 1. The number of amides is 1. The summed E-state index contributed by atoms with van der Waals surface area (Å²) >= 11 is 0. The maximum absolute atomic E-state index is 12.8. The standard InChI is InChI=1S/C21H21N3O/c25-20-21(17-7-2-4-9-19(17)23-20)10-5-11-24(14-21)13-16-12-15-6-1-3-8-18(15)22-16/h1-4,6-9,12,22H,5,10-11,13-14H2,(H,23,25). The molecular formula is C21H21N3O. The molecule has 4 heteroatoms. The molecule has 2 aliphatic rings. The van der Waals surface area contributed by atoms with Crippen LogP contribution >= 0.6 is 0 Å². The average molecular weight is 331 g/mol. The number of carbonyl (C=O) groups excluding carboxylic acids is 1. The minimum Gasteiger partial charge on any atom is -0.357 e. The lowest BCUT2D eigenvalue weighted by Gasteiger charge is -2.38. The van der Waals surface area contributed by atoms with Gasteiger partial charge in [-0.05, 0) is 48.5 Å². The molecule has 126 valence electrons. The number of likely N-dealkylation sites (tertiary alicyclic amines) is 1. The van der Waals surface area contributed by atoms with Gasteiger partial charge in [0.05, 0.1) is 5.41 Å². The van der Waals surface area contributed by atoms with Crippen molar-refractivity contribution < 1.29 is 4.79 Å². The Hall–Kier alpha value is -2.59. The Morgan fingerprint density at radius 3 is 2.84 bits per heavy atom. The predicted molar refractivity (Wildman–Crippen MR) is 99.6 cm³/mol. The van der Waals surface area contributed by atoms with E-state index >= 15 is 0 Å². The highest BCUT2D eigenvalue weighted by molar-refractivity contribution is 6.06. The zero-order valence-corrected chi connectivity index (χ0v) is 14.1. The Morgan fingerprint density at radius 2 is 1.92 bits per heavy atom. The molecule has 1 unspecified atom stereocenters. The van der Waals surface area contributed by atoms with Gasteiger partial charge in [0.2, 0.25) is 5.91 Å². The number of anilines is 1. The van der Waals surface area contributed by atoms with Crippen molar-refractivity contribution in [2.75, 3.05) is 18.4 Å². The Balaban J connectivity index is 1.44. The second-order valence-corrected chi connectivity index (χ2v) is 7.28. The first kappa shape index (κ1) is 14.7. The molecule has 3 aromatic rings. The Bertz CT molecular complexity index is 927. The summed E-state index contributed by atoms with van der Waals surface area (Å²) < 4.78 is 0. The molecule has 1 fully saturated rings. The number of rotatable bonds is 2. The van der Waals surface area contributed by atoms with Gasteiger partial charge in [0.1, 0.15) is 0 Å². The van der Waals surface area contributed by atoms with Crippen LogP contribution in [0.5, 0.6) is 0 Å². The van der Waals surface area contributed by atoms with E-state index in [4.69, 9.17) is 0 Å². The third-order valence-corrected chi connectivity index (χ3v) is 5.68. The molecule has 0 saturated carbocycles. The van der Waals surface area contributed by atoms with Crippen LogP contribution in [0.3, 0.4) is 0 Å². The molecule has 0 aliphatic carbocycles. The lowest BCUT2D eigenvalue weighted by Crippen LogP contribution is -2.49. The number of hydrogen-bond acceptors (Lipinski definition) is 2. The van der Waals surface area contributed by atoms with Gasteiger partial charge in [0, 0.05) is 30.0 Å². The number of aromatic amines is 1. The molecule has 25 heavy (non-hydrogen) atoms. The number of carbonyl (C=O) groups is 1. The number of aromatic nitrogens is 1. The van der Waals surface area contributed by atoms with Gasteiger partial charge >= 0.3 is 0 Å². The van der Waals surface area contributed by atoms with Crippen LogP contribution in [0.2, 0.25) is 0 Å². The van der Waals surface area contributed by atoms with Crippen molar-refractivity contribution in [3.8, 4) is 0 Å². The second-order valence-electron chi connectivity index (χ2n) is 7.28. The van der Waals surface area contributed by atoms with Crippen LogP contribution < -0.4 is 5.32 Å². The van der Waals surface area contributed by atoms with Crippen LogP contribution in [0, 0.1) is 0 Å². The quantitative estimate of drug-likeness (QED) is 0.753. The van der Waals surface area contributed by atoms with Gasteiger partial charge in [-0.15, -0.1) is 0 Å². The molecule has 1 spiro atoms. The Kier molecular flexibility index (Phi) is 3.22. The van der Waals surface area contributed by atoms with E-state index < -0.39 is 0 Å². The van der Waals surface area contributed by atoms with E-state index in [1.54, 1.807) is 0 Å². The van der Waals surface area contributed by atoms with E-state index in [1.807, 2.05) is 18.2 Å². The summed E-state index contributed by atoms with van der Waals surface area (Å²) in [6, 6.07) is 18.7. The molecule has 1 amide bonds. The fourth-order valence-corrected chi connectivity index (χ4v) is 4.52. The van der Waals surface area contributed by atoms with Gasteiger partial charge in [-0.25, -0.2) is 0 Å². The van der Waals surface area contributed by atoms with Gasteiger partial charge in [0.25, 0.3) is 0 Å². The monoisotopic (exact) mass is 331 g/mol. The first-order chi connectivity index (χ1) is 12.2. The summed E-state index contributed by atoms with van der Waals surface area (Å²) in [5.74, 6) is 0.162. The summed E-state index contributed by atoms with van der Waals surface area (Å²) in [7, 11) is 0. The number of fused-ring (bicyclic) bond motifs is 3. The molecule has 2 aromatic carbocycles. The van der Waals surface area contributed by atoms with Crippen LogP contribution in [0.4, 0.5) is 5.69 Å². The minimum absolute atomic E-state index is 0.162. The van der Waals surface area contributed by atoms with Crippen LogP contribution in [-0.4, -0.2) is 28.9 Å². The number of hydrogen-bond donors (Lipinski definition) is 2. The lowest BCUT2D eigenvalue weighted by molar-refractivity contribution is -0.122. The third kappa shape index (κ3) is 2.29. The Labute approximate surface area is 146 Å². The van der Waals surface area contributed by atoms with Crippen molar-refractivity contribution in [2.45, 2.75) is 24.8 Å². The molecule has 2 N–H and O–H groups in total. The van der Waals surface area contributed by atoms with Crippen LogP contribution in [-0.2, 0) is 16.8 Å². The van der Waals surface area contributed by atoms with E-state index in [0.29, 0.717) is 0 Å². The minimum atomic E-state index is -0.388. The SMILES string of the molecule is O=C1Nc2ccccc2C12CCCN(Cc1cc3ccccc3[nH]1)C2. The maximum atomic E-state index is 12.8. The van der Waals surface area contributed by atoms with Crippen LogP contribution in [0.25, 0.3) is 10.9 Å². The molecule has 0 bridgehead atoms. The summed E-state index contributed by atoms with van der Waals surface area (Å²) in [6.45, 7) is 2.67. The normalized spacial score (nSPS) is 23.1. The third-order valence-electron chi connectivity index (χ3n) is 5.68. The predicted octanol–water partition coefficient (Wildman–Crippen LogP) is 3.65. The topological polar surface area (TPSA) is 48.1 Å². The zero-order chi connectivity index (χ0) is 16.9. The summed E-state index contributed by atoms with van der Waals surface area (Å²) in [5.41, 5.74) is 4.15. The van der Waals surface area contributed by atoms with Crippen molar-refractivity contribution in [1.29, 1.82) is 0 Å². The molecule has 2 aliphatic heterocycles. The molecule has 4 nitrogen and oxygen atoms in total. The van der Waals surface area contributed by atoms with E-state index in [2.05, 4.69) is 51.6 Å². The highest BCUT2D eigenvalue weighted by atomic mass is 16.2. The van der Waals surface area contributed by atoms with Crippen molar-refractivity contribution in [1.82, 2.24) is 9.88 Å². The van der Waals surface area contributed by atoms with Crippen molar-refractivity contribution in [3.63, 3.8) is 0 Å². The first-order valence-electron chi connectivity index (χ1n) is 8.95. The van der Waals surface area contributed by atoms with E-state index in [1.165, 1.54) is 22.2 Å². The molecule has 1 atom stereocenters. The molecule has 1 aromatic heterocycles. The fraction of sp³-hybridized carbons (Fsp3) is 0.286. The first-order valence-corrected chi connectivity index (χ1v) is 8.95. The summed E-state index contributed by atoms with van der Waals surface area (Å²) in [6.07, 6.45) is 1.97. The van der Waals surface area contributed by atoms with Gasteiger partial charge in [-0.3, -0.25) is 9.69 Å². The lowest BCUT2D eigenvalue weighted by atomic mass is 9.75. The average Bonchev–Trinajstić information content (AvgIpc) is 3.14. The number of nitrogens with one attached hydrogen (secondary N) is 2. The Morgan fingerprint density at radius 1 is 1.08 bits per heavy atom. The fourth-order valence-electron chi connectivity index (χ4n) is 4.52. The number of benzene rings is 2. The van der Waals surface area contributed by atoms with Crippen molar-refractivity contribution >= 4 is 22.5 Å². The van der Waals surface area contributed by atoms with Crippen molar-refractivity contribution in [2.24, 2.45) is 0 Å². The molecular weight excluding hydrogens is 310 g/mol.